The lowest BCUT2D eigenvalue weighted by Gasteiger charge is -2.37. The number of halogens is 1. The highest BCUT2D eigenvalue weighted by Crippen LogP contribution is 2.50. The van der Waals surface area contributed by atoms with Crippen LogP contribution in [0.2, 0.25) is 0 Å². The van der Waals surface area contributed by atoms with Crippen molar-refractivity contribution in [1.82, 2.24) is 14.2 Å². The molecule has 0 bridgehead atoms. The van der Waals surface area contributed by atoms with Crippen molar-refractivity contribution in [1.29, 1.82) is 0 Å². The lowest BCUT2D eigenvalue weighted by atomic mass is 10.00. The van der Waals surface area contributed by atoms with E-state index in [-0.39, 0.29) is 42.1 Å². The monoisotopic (exact) mass is 620 g/mol. The van der Waals surface area contributed by atoms with Gasteiger partial charge in [0.2, 0.25) is 5.91 Å². The maximum Gasteiger partial charge on any atom is 0.351 e. The highest BCUT2D eigenvalue weighted by molar-refractivity contribution is 8.13. The SMILES string of the molecule is CC[C@H]1O[C@@H](n2ccc(NC(C)=O)nc2=O)[C@@H](F)C1OP(OCCOCCSC(=O)C(C)(C)C)N(C(C)C)C(C)C. The third-order valence-corrected chi connectivity index (χ3v) is 9.41. The molecule has 1 aliphatic heterocycles. The molecule has 2 rings (SSSR count). The standard InChI is InChI=1S/C27H46FN4O7PS/c1-10-20-23(22(28)24(38-20)31-12-11-21(29-19(6)33)30-26(31)35)39-40(32(17(2)3)18(4)5)37-14-13-36-15-16-41-25(34)27(7,8)9/h11-12,17-18,20,22-24H,10,13-16H2,1-9H3,(H,29,30,33,35)/t20-,22+,23?,24-,40?/m1/s1. The van der Waals surface area contributed by atoms with E-state index in [0.717, 1.165) is 4.57 Å². The normalized spacial score (nSPS) is 22.1. The summed E-state index contributed by atoms with van der Waals surface area (Å²) in [4.78, 5) is 39.8. The molecule has 1 aromatic heterocycles. The van der Waals surface area contributed by atoms with Crippen LogP contribution < -0.4 is 11.0 Å². The first kappa shape index (κ1) is 35.7. The molecule has 0 saturated carbocycles. The molecule has 41 heavy (non-hydrogen) atoms. The molecule has 0 aliphatic carbocycles. The van der Waals surface area contributed by atoms with Crippen molar-refractivity contribution in [3.63, 3.8) is 0 Å². The summed E-state index contributed by atoms with van der Waals surface area (Å²) in [6.07, 6.45) is -2.72. The zero-order valence-electron chi connectivity index (χ0n) is 25.6. The number of ether oxygens (including phenoxy) is 2. The number of carbonyl (C=O) groups is 2. The molecule has 1 aliphatic rings. The smallest absolute Gasteiger partial charge is 0.351 e. The summed E-state index contributed by atoms with van der Waals surface area (Å²) in [6, 6.07) is 1.51. The summed E-state index contributed by atoms with van der Waals surface area (Å²) in [7, 11) is -1.71. The fourth-order valence-electron chi connectivity index (χ4n) is 4.14. The number of nitrogens with zero attached hydrogens (tertiary/aromatic N) is 3. The topological polar surface area (TPSA) is 121 Å². The van der Waals surface area contributed by atoms with Gasteiger partial charge in [-0.15, -0.1) is 0 Å². The second-order valence-corrected chi connectivity index (χ2v) is 13.8. The third kappa shape index (κ3) is 10.6. The average molecular weight is 621 g/mol. The van der Waals surface area contributed by atoms with Gasteiger partial charge in [0.15, 0.2) is 17.5 Å². The van der Waals surface area contributed by atoms with Gasteiger partial charge in [-0.05, 0) is 40.2 Å². The Kier molecular flexibility index (Phi) is 14.3. The average Bonchev–Trinajstić information content (AvgIpc) is 3.16. The number of rotatable bonds is 15. The predicted octanol–water partition coefficient (Wildman–Crippen LogP) is 4.92. The van der Waals surface area contributed by atoms with Crippen LogP contribution in [0.15, 0.2) is 17.1 Å². The lowest BCUT2D eigenvalue weighted by Crippen LogP contribution is -2.38. The second kappa shape index (κ2) is 16.4. The molecule has 1 N–H and O–H groups in total. The minimum atomic E-state index is -1.71. The molecule has 14 heteroatoms. The maximum absolute atomic E-state index is 15.9. The van der Waals surface area contributed by atoms with Crippen molar-refractivity contribution in [2.24, 2.45) is 5.41 Å². The molecule has 234 valence electrons. The molecule has 2 unspecified atom stereocenters. The number of hydrogen-bond acceptors (Lipinski definition) is 10. The highest BCUT2D eigenvalue weighted by Gasteiger charge is 2.49. The van der Waals surface area contributed by atoms with Crippen LogP contribution in [0.5, 0.6) is 0 Å². The first-order valence-electron chi connectivity index (χ1n) is 14.0. The zero-order valence-corrected chi connectivity index (χ0v) is 27.3. The van der Waals surface area contributed by atoms with E-state index in [1.165, 1.54) is 30.9 Å². The molecule has 1 saturated heterocycles. The van der Waals surface area contributed by atoms with Gasteiger partial charge in [-0.25, -0.2) is 13.9 Å². The molecule has 1 aromatic rings. The molecular formula is C27H46FN4O7PS. The van der Waals surface area contributed by atoms with Crippen LogP contribution in [-0.4, -0.2) is 81.3 Å². The minimum Gasteiger partial charge on any atom is -0.378 e. The van der Waals surface area contributed by atoms with E-state index >= 15 is 4.39 Å². The molecule has 0 radical (unpaired) electrons. The van der Waals surface area contributed by atoms with E-state index in [1.807, 2.05) is 55.4 Å². The fourth-order valence-corrected chi connectivity index (χ4v) is 6.71. The first-order valence-corrected chi connectivity index (χ1v) is 16.1. The number of hydrogen-bond donors (Lipinski definition) is 1. The van der Waals surface area contributed by atoms with Crippen LogP contribution in [-0.2, 0) is 28.1 Å². The van der Waals surface area contributed by atoms with Crippen LogP contribution in [0, 0.1) is 5.41 Å². The van der Waals surface area contributed by atoms with E-state index in [0.29, 0.717) is 18.8 Å². The molecule has 2 heterocycles. The predicted molar refractivity (Wildman–Crippen MR) is 159 cm³/mol. The van der Waals surface area contributed by atoms with Crippen LogP contribution >= 0.6 is 20.3 Å². The number of thioether (sulfide) groups is 1. The van der Waals surface area contributed by atoms with Crippen molar-refractivity contribution in [2.75, 3.05) is 30.9 Å². The summed E-state index contributed by atoms with van der Waals surface area (Å²) in [6.45, 7) is 17.8. The molecule has 5 atom stereocenters. The number of amides is 1. The van der Waals surface area contributed by atoms with E-state index in [9.17, 15) is 14.4 Å². The van der Waals surface area contributed by atoms with Gasteiger partial charge in [-0.3, -0.25) is 14.2 Å². The molecule has 0 spiro atoms. The number of anilines is 1. The van der Waals surface area contributed by atoms with Gasteiger partial charge >= 0.3 is 5.69 Å². The van der Waals surface area contributed by atoms with E-state index in [4.69, 9.17) is 18.5 Å². The van der Waals surface area contributed by atoms with Gasteiger partial charge in [0, 0.05) is 36.4 Å². The number of aromatic nitrogens is 2. The fraction of sp³-hybridized carbons (Fsp3) is 0.778. The van der Waals surface area contributed by atoms with Crippen LogP contribution in [0.4, 0.5) is 10.2 Å². The number of nitrogens with one attached hydrogen (secondary N) is 1. The molecule has 1 fully saturated rings. The van der Waals surface area contributed by atoms with Crippen molar-refractivity contribution in [2.45, 2.75) is 105 Å². The lowest BCUT2D eigenvalue weighted by molar-refractivity contribution is -0.117. The van der Waals surface area contributed by atoms with Crippen molar-refractivity contribution >= 4 is 37.1 Å². The third-order valence-electron chi connectivity index (χ3n) is 6.04. The first-order chi connectivity index (χ1) is 19.2. The van der Waals surface area contributed by atoms with Crippen LogP contribution in [0.3, 0.4) is 0 Å². The van der Waals surface area contributed by atoms with Crippen molar-refractivity contribution in [3.8, 4) is 0 Å². The summed E-state index contributed by atoms with van der Waals surface area (Å²) in [5.74, 6) is 0.256. The molecule has 0 aromatic carbocycles. The van der Waals surface area contributed by atoms with Gasteiger partial charge in [0.1, 0.15) is 11.9 Å². The van der Waals surface area contributed by atoms with Gasteiger partial charge in [-0.2, -0.15) is 4.98 Å². The van der Waals surface area contributed by atoms with Gasteiger partial charge < -0.3 is 23.8 Å². The summed E-state index contributed by atoms with van der Waals surface area (Å²) >= 11 is 1.25. The van der Waals surface area contributed by atoms with Gasteiger partial charge in [-0.1, -0.05) is 39.5 Å². The van der Waals surface area contributed by atoms with E-state index in [2.05, 4.69) is 15.0 Å². The molecular weight excluding hydrogens is 574 g/mol. The Bertz CT molecular complexity index is 1050. The van der Waals surface area contributed by atoms with E-state index < -0.39 is 44.2 Å². The van der Waals surface area contributed by atoms with Crippen LogP contribution in [0.25, 0.3) is 0 Å². The number of carbonyl (C=O) groups excluding carboxylic acids is 2. The molecule has 11 nitrogen and oxygen atoms in total. The van der Waals surface area contributed by atoms with Crippen LogP contribution in [0.1, 0.15) is 75.0 Å². The quantitative estimate of drug-likeness (QED) is 0.214. The highest BCUT2D eigenvalue weighted by atomic mass is 32.2. The number of alkyl halides is 1. The Morgan fingerprint density at radius 3 is 2.41 bits per heavy atom. The summed E-state index contributed by atoms with van der Waals surface area (Å²) < 4.78 is 43.2. The van der Waals surface area contributed by atoms with Crippen molar-refractivity contribution < 1.29 is 32.5 Å². The minimum absolute atomic E-state index is 0.0474. The summed E-state index contributed by atoms with van der Waals surface area (Å²) in [5.41, 5.74) is -1.14. The maximum atomic E-state index is 15.9. The van der Waals surface area contributed by atoms with E-state index in [1.54, 1.807) is 0 Å². The summed E-state index contributed by atoms with van der Waals surface area (Å²) in [5, 5.41) is 2.56. The van der Waals surface area contributed by atoms with Crippen molar-refractivity contribution in [3.05, 3.63) is 22.7 Å². The van der Waals surface area contributed by atoms with Gasteiger partial charge in [0.25, 0.3) is 8.53 Å². The second-order valence-electron chi connectivity index (χ2n) is 11.3. The molecule has 1 amide bonds. The Morgan fingerprint density at radius 1 is 1.22 bits per heavy atom. The zero-order chi connectivity index (χ0) is 30.9. The Morgan fingerprint density at radius 2 is 1.88 bits per heavy atom. The Labute approximate surface area is 248 Å². The Balaban J connectivity index is 2.09. The largest absolute Gasteiger partial charge is 0.378 e. The Hall–Kier alpha value is -1.47. The van der Waals surface area contributed by atoms with Gasteiger partial charge in [0.05, 0.1) is 25.9 Å².